The summed E-state index contributed by atoms with van der Waals surface area (Å²) < 4.78 is 10.7. The summed E-state index contributed by atoms with van der Waals surface area (Å²) in [5.41, 5.74) is 8.42. The fraction of sp³-hybridized carbons (Fsp3) is 0.625. The van der Waals surface area contributed by atoms with E-state index in [0.29, 0.717) is 5.92 Å². The highest BCUT2D eigenvalue weighted by Gasteiger charge is 2.29. The number of nitrogens with two attached hydrogens (primary N) is 1. The maximum atomic E-state index is 5.57. The van der Waals surface area contributed by atoms with Crippen LogP contribution in [0.5, 0.6) is 11.5 Å². The maximum absolute atomic E-state index is 5.57. The van der Waals surface area contributed by atoms with Gasteiger partial charge in [0.25, 0.3) is 0 Å². The highest BCUT2D eigenvalue weighted by molar-refractivity contribution is 5.53. The molecule has 0 bridgehead atoms. The molecule has 1 aromatic carbocycles. The van der Waals surface area contributed by atoms with Gasteiger partial charge >= 0.3 is 0 Å². The first-order chi connectivity index (χ1) is 9.19. The molecule has 3 nitrogen and oxygen atoms in total. The fourth-order valence-electron chi connectivity index (χ4n) is 3.02. The van der Waals surface area contributed by atoms with E-state index in [1.807, 2.05) is 0 Å². The monoisotopic (exact) mass is 263 g/mol. The number of rotatable bonds is 7. The lowest BCUT2D eigenvalue weighted by Crippen LogP contribution is -2.20. The summed E-state index contributed by atoms with van der Waals surface area (Å²) in [6.07, 6.45) is 4.79. The molecule has 0 heterocycles. The first-order valence-electron chi connectivity index (χ1n) is 7.14. The van der Waals surface area contributed by atoms with Gasteiger partial charge in [-0.3, -0.25) is 0 Å². The number of hydrogen-bond donors (Lipinski definition) is 1. The van der Waals surface area contributed by atoms with Crippen LogP contribution in [0, 0.1) is 5.92 Å². The molecule has 2 rings (SSSR count). The van der Waals surface area contributed by atoms with Crippen LogP contribution in [0.1, 0.15) is 43.2 Å². The van der Waals surface area contributed by atoms with Crippen molar-refractivity contribution in [2.75, 3.05) is 20.8 Å². The van der Waals surface area contributed by atoms with Gasteiger partial charge in [-0.05, 0) is 67.3 Å². The van der Waals surface area contributed by atoms with E-state index in [0.717, 1.165) is 30.4 Å². The molecule has 0 radical (unpaired) electrons. The van der Waals surface area contributed by atoms with Gasteiger partial charge in [-0.1, -0.05) is 6.92 Å². The molecule has 0 aromatic heterocycles. The van der Waals surface area contributed by atoms with Gasteiger partial charge in [-0.2, -0.15) is 0 Å². The van der Waals surface area contributed by atoms with E-state index in [-0.39, 0.29) is 0 Å². The van der Waals surface area contributed by atoms with Crippen molar-refractivity contribution in [1.29, 1.82) is 0 Å². The first-order valence-corrected chi connectivity index (χ1v) is 7.14. The Morgan fingerprint density at radius 2 is 1.95 bits per heavy atom. The molecule has 0 aliphatic heterocycles. The predicted octanol–water partition coefficient (Wildman–Crippen LogP) is 3.11. The number of ether oxygens (including phenoxy) is 2. The molecule has 0 fully saturated rings. The van der Waals surface area contributed by atoms with E-state index >= 15 is 0 Å². The van der Waals surface area contributed by atoms with E-state index in [4.69, 9.17) is 15.2 Å². The van der Waals surface area contributed by atoms with Crippen LogP contribution in [0.2, 0.25) is 0 Å². The highest BCUT2D eigenvalue weighted by Crippen LogP contribution is 2.45. The zero-order valence-corrected chi connectivity index (χ0v) is 12.2. The zero-order chi connectivity index (χ0) is 13.8. The van der Waals surface area contributed by atoms with Crippen LogP contribution in [0.25, 0.3) is 0 Å². The van der Waals surface area contributed by atoms with Gasteiger partial charge < -0.3 is 15.2 Å². The topological polar surface area (TPSA) is 44.5 Å². The van der Waals surface area contributed by atoms with Crippen molar-refractivity contribution in [3.63, 3.8) is 0 Å². The van der Waals surface area contributed by atoms with Gasteiger partial charge in [0.1, 0.15) is 0 Å². The Kier molecular flexibility index (Phi) is 4.70. The molecule has 3 heteroatoms. The van der Waals surface area contributed by atoms with E-state index in [1.54, 1.807) is 14.2 Å². The van der Waals surface area contributed by atoms with E-state index in [9.17, 15) is 0 Å². The van der Waals surface area contributed by atoms with Gasteiger partial charge in [-0.15, -0.1) is 0 Å². The lowest BCUT2D eigenvalue weighted by molar-refractivity contribution is 0.348. The van der Waals surface area contributed by atoms with Crippen molar-refractivity contribution >= 4 is 0 Å². The molecule has 0 saturated heterocycles. The summed E-state index contributed by atoms with van der Waals surface area (Å²) >= 11 is 0. The minimum Gasteiger partial charge on any atom is -0.493 e. The van der Waals surface area contributed by atoms with Crippen molar-refractivity contribution in [1.82, 2.24) is 0 Å². The van der Waals surface area contributed by atoms with Crippen molar-refractivity contribution in [3.05, 3.63) is 23.3 Å². The molecular formula is C16H25NO2. The van der Waals surface area contributed by atoms with E-state index in [2.05, 4.69) is 19.1 Å². The second-order valence-corrected chi connectivity index (χ2v) is 5.58. The molecule has 1 aliphatic rings. The Morgan fingerprint density at radius 1 is 1.26 bits per heavy atom. The van der Waals surface area contributed by atoms with E-state index < -0.39 is 0 Å². The summed E-state index contributed by atoms with van der Waals surface area (Å²) in [7, 11) is 3.39. The Hall–Kier alpha value is -1.22. The predicted molar refractivity (Wildman–Crippen MR) is 78.1 cm³/mol. The largest absolute Gasteiger partial charge is 0.493 e. The van der Waals surface area contributed by atoms with Crippen LogP contribution in [0.3, 0.4) is 0 Å². The molecule has 0 saturated carbocycles. The average Bonchev–Trinajstić information content (AvgIpc) is 2.41. The third-order valence-electron chi connectivity index (χ3n) is 4.14. The molecule has 1 aliphatic carbocycles. The maximum Gasteiger partial charge on any atom is 0.161 e. The van der Waals surface area contributed by atoms with Crippen LogP contribution in [0.15, 0.2) is 12.1 Å². The molecule has 0 amide bonds. The summed E-state index contributed by atoms with van der Waals surface area (Å²) in [5, 5.41) is 0. The molecule has 1 aromatic rings. The molecule has 1 unspecified atom stereocenters. The Bertz CT molecular complexity index is 431. The normalized spacial score (nSPS) is 18.4. The van der Waals surface area contributed by atoms with Crippen LogP contribution in [0.4, 0.5) is 0 Å². The van der Waals surface area contributed by atoms with Crippen LogP contribution < -0.4 is 15.2 Å². The third-order valence-corrected chi connectivity index (χ3v) is 4.14. The second kappa shape index (κ2) is 6.29. The minimum atomic E-state index is 0.683. The zero-order valence-electron chi connectivity index (χ0n) is 12.2. The lowest BCUT2D eigenvalue weighted by Gasteiger charge is -2.33. The van der Waals surface area contributed by atoms with Crippen molar-refractivity contribution in [2.24, 2.45) is 11.7 Å². The van der Waals surface area contributed by atoms with Gasteiger partial charge in [0, 0.05) is 0 Å². The summed E-state index contributed by atoms with van der Waals surface area (Å²) in [6.45, 7) is 3.13. The fourth-order valence-corrected chi connectivity index (χ4v) is 3.02. The number of fused-ring (bicyclic) bond motifs is 1. The Balaban J connectivity index is 2.02. The number of methoxy groups -OCH3 is 2. The third kappa shape index (κ3) is 3.03. The lowest BCUT2D eigenvalue weighted by atomic mass is 9.72. The summed E-state index contributed by atoms with van der Waals surface area (Å²) in [5.74, 6) is 3.12. The number of hydrogen-bond acceptors (Lipinski definition) is 3. The average molecular weight is 263 g/mol. The second-order valence-electron chi connectivity index (χ2n) is 5.58. The van der Waals surface area contributed by atoms with Crippen molar-refractivity contribution < 1.29 is 9.47 Å². The molecule has 0 spiro atoms. The molecule has 2 atom stereocenters. The SMILES string of the molecule is COc1cc2c(cc1OC)[C@@H](CC(C)CCCN)C2. The Labute approximate surface area is 116 Å². The first kappa shape index (κ1) is 14.2. The summed E-state index contributed by atoms with van der Waals surface area (Å²) in [4.78, 5) is 0. The van der Waals surface area contributed by atoms with Crippen LogP contribution in [-0.2, 0) is 6.42 Å². The van der Waals surface area contributed by atoms with Gasteiger partial charge in [0.15, 0.2) is 11.5 Å². The molecule has 19 heavy (non-hydrogen) atoms. The molecule has 106 valence electrons. The number of benzene rings is 1. The minimum absolute atomic E-state index is 0.683. The summed E-state index contributed by atoms with van der Waals surface area (Å²) in [6, 6.07) is 4.27. The van der Waals surface area contributed by atoms with Crippen LogP contribution >= 0.6 is 0 Å². The molecular weight excluding hydrogens is 238 g/mol. The standard InChI is InChI=1S/C16H25NO2/c1-11(5-4-6-17)7-12-8-13-9-15(18-2)16(19-3)10-14(12)13/h9-12H,4-8,17H2,1-3H3/t11?,12-/m0/s1. The highest BCUT2D eigenvalue weighted by atomic mass is 16.5. The van der Waals surface area contributed by atoms with E-state index in [1.165, 1.54) is 30.4 Å². The van der Waals surface area contributed by atoms with Crippen LogP contribution in [-0.4, -0.2) is 20.8 Å². The molecule has 2 N–H and O–H groups in total. The van der Waals surface area contributed by atoms with Gasteiger partial charge in [-0.25, -0.2) is 0 Å². The van der Waals surface area contributed by atoms with Gasteiger partial charge in [0.2, 0.25) is 0 Å². The van der Waals surface area contributed by atoms with Crippen molar-refractivity contribution in [3.8, 4) is 11.5 Å². The Morgan fingerprint density at radius 3 is 2.58 bits per heavy atom. The van der Waals surface area contributed by atoms with Gasteiger partial charge in [0.05, 0.1) is 14.2 Å². The van der Waals surface area contributed by atoms with Crippen molar-refractivity contribution in [2.45, 2.75) is 38.5 Å². The smallest absolute Gasteiger partial charge is 0.161 e. The quantitative estimate of drug-likeness (QED) is 0.822.